The van der Waals surface area contributed by atoms with Crippen LogP contribution in [0.3, 0.4) is 0 Å². The van der Waals surface area contributed by atoms with Crippen molar-refractivity contribution in [2.24, 2.45) is 0 Å². The first-order chi connectivity index (χ1) is 13.7. The second-order valence-corrected chi connectivity index (χ2v) is 6.62. The van der Waals surface area contributed by atoms with E-state index in [9.17, 15) is 5.11 Å². The van der Waals surface area contributed by atoms with Crippen LogP contribution in [0, 0.1) is 6.92 Å². The minimum absolute atomic E-state index is 0.147. The SMILES string of the molecule is COc1ccccc1C(Nc1cc(C)ccn1)c1ccc2cccnc2c1O. The lowest BCUT2D eigenvalue weighted by atomic mass is 9.95. The van der Waals surface area contributed by atoms with Gasteiger partial charge < -0.3 is 15.2 Å². The summed E-state index contributed by atoms with van der Waals surface area (Å²) in [5, 5.41) is 15.4. The predicted octanol–water partition coefficient (Wildman–Crippen LogP) is 4.85. The fourth-order valence-corrected chi connectivity index (χ4v) is 3.37. The first-order valence-electron chi connectivity index (χ1n) is 9.06. The van der Waals surface area contributed by atoms with Crippen molar-refractivity contribution >= 4 is 16.7 Å². The number of benzene rings is 2. The van der Waals surface area contributed by atoms with E-state index in [0.717, 1.165) is 28.1 Å². The summed E-state index contributed by atoms with van der Waals surface area (Å²) in [7, 11) is 1.64. The summed E-state index contributed by atoms with van der Waals surface area (Å²) in [5.41, 5.74) is 3.28. The number of para-hydroxylation sites is 1. The third-order valence-corrected chi connectivity index (χ3v) is 4.75. The topological polar surface area (TPSA) is 67.3 Å². The van der Waals surface area contributed by atoms with Gasteiger partial charge in [-0.2, -0.15) is 0 Å². The van der Waals surface area contributed by atoms with Crippen molar-refractivity contribution in [3.8, 4) is 11.5 Å². The highest BCUT2D eigenvalue weighted by Crippen LogP contribution is 2.39. The summed E-state index contributed by atoms with van der Waals surface area (Å²) < 4.78 is 5.58. The molecule has 0 amide bonds. The van der Waals surface area contributed by atoms with Crippen molar-refractivity contribution in [1.29, 1.82) is 0 Å². The van der Waals surface area contributed by atoms with Crippen LogP contribution < -0.4 is 10.1 Å². The molecule has 0 spiro atoms. The molecule has 5 heteroatoms. The summed E-state index contributed by atoms with van der Waals surface area (Å²) >= 11 is 0. The van der Waals surface area contributed by atoms with E-state index in [1.54, 1.807) is 19.5 Å². The van der Waals surface area contributed by atoms with Crippen molar-refractivity contribution < 1.29 is 9.84 Å². The lowest BCUT2D eigenvalue weighted by Crippen LogP contribution is -2.15. The van der Waals surface area contributed by atoms with Crippen LogP contribution >= 0.6 is 0 Å². The lowest BCUT2D eigenvalue weighted by molar-refractivity contribution is 0.408. The summed E-state index contributed by atoms with van der Waals surface area (Å²) in [6, 6.07) is 19.0. The Labute approximate surface area is 163 Å². The Balaban J connectivity index is 1.89. The summed E-state index contributed by atoms with van der Waals surface area (Å²) in [6.45, 7) is 2.02. The van der Waals surface area contributed by atoms with Gasteiger partial charge in [-0.3, -0.25) is 4.98 Å². The van der Waals surface area contributed by atoms with Crippen molar-refractivity contribution in [2.75, 3.05) is 12.4 Å². The van der Waals surface area contributed by atoms with Gasteiger partial charge in [0.1, 0.15) is 22.8 Å². The average Bonchev–Trinajstić information content (AvgIpc) is 2.73. The van der Waals surface area contributed by atoms with Gasteiger partial charge in [0, 0.05) is 28.9 Å². The van der Waals surface area contributed by atoms with Gasteiger partial charge in [-0.15, -0.1) is 0 Å². The van der Waals surface area contributed by atoms with Crippen LogP contribution in [0.25, 0.3) is 10.9 Å². The molecule has 2 N–H and O–H groups in total. The number of aryl methyl sites for hydroxylation is 1. The third kappa shape index (κ3) is 3.34. The summed E-state index contributed by atoms with van der Waals surface area (Å²) in [4.78, 5) is 8.79. The second kappa shape index (κ2) is 7.56. The van der Waals surface area contributed by atoms with Gasteiger partial charge in [0.2, 0.25) is 0 Å². The summed E-state index contributed by atoms with van der Waals surface area (Å²) in [5.74, 6) is 1.60. The number of nitrogens with one attached hydrogen (secondary N) is 1. The second-order valence-electron chi connectivity index (χ2n) is 6.62. The van der Waals surface area contributed by atoms with Gasteiger partial charge in [-0.25, -0.2) is 4.98 Å². The standard InChI is InChI=1S/C23H21N3O2/c1-15-11-13-24-20(14-15)26-22(17-7-3-4-8-19(17)28-2)18-10-9-16-6-5-12-25-21(16)23(18)27/h3-14,22,27H,1-2H3,(H,24,26). The molecule has 0 saturated heterocycles. The Kier molecular flexibility index (Phi) is 4.81. The minimum Gasteiger partial charge on any atom is -0.505 e. The molecular weight excluding hydrogens is 350 g/mol. The smallest absolute Gasteiger partial charge is 0.147 e. The molecule has 0 aliphatic carbocycles. The van der Waals surface area contributed by atoms with E-state index in [2.05, 4.69) is 15.3 Å². The molecule has 0 fully saturated rings. The number of aromatic hydroxyl groups is 1. The zero-order valence-corrected chi connectivity index (χ0v) is 15.8. The van der Waals surface area contributed by atoms with Crippen molar-refractivity contribution in [2.45, 2.75) is 13.0 Å². The Morgan fingerprint density at radius 3 is 2.61 bits per heavy atom. The molecule has 0 aliphatic heterocycles. The van der Waals surface area contributed by atoms with Crippen LogP contribution in [0.5, 0.6) is 11.5 Å². The first kappa shape index (κ1) is 17.8. The van der Waals surface area contributed by atoms with Crippen LogP contribution in [0.4, 0.5) is 5.82 Å². The van der Waals surface area contributed by atoms with Gasteiger partial charge in [-0.1, -0.05) is 36.4 Å². The number of rotatable bonds is 5. The number of hydrogen-bond acceptors (Lipinski definition) is 5. The third-order valence-electron chi connectivity index (χ3n) is 4.75. The van der Waals surface area contributed by atoms with Gasteiger partial charge >= 0.3 is 0 Å². The van der Waals surface area contributed by atoms with Crippen LogP contribution in [-0.4, -0.2) is 22.2 Å². The van der Waals surface area contributed by atoms with Crippen molar-refractivity contribution in [1.82, 2.24) is 9.97 Å². The highest BCUT2D eigenvalue weighted by atomic mass is 16.5. The van der Waals surface area contributed by atoms with Crippen molar-refractivity contribution in [3.63, 3.8) is 0 Å². The van der Waals surface area contributed by atoms with E-state index in [1.165, 1.54) is 0 Å². The van der Waals surface area contributed by atoms with E-state index in [0.29, 0.717) is 11.1 Å². The molecule has 2 aromatic carbocycles. The number of anilines is 1. The Morgan fingerprint density at radius 2 is 1.79 bits per heavy atom. The maximum absolute atomic E-state index is 11.0. The molecule has 28 heavy (non-hydrogen) atoms. The highest BCUT2D eigenvalue weighted by Gasteiger charge is 2.23. The van der Waals surface area contributed by atoms with Crippen LogP contribution in [0.2, 0.25) is 0 Å². The minimum atomic E-state index is -0.364. The quantitative estimate of drug-likeness (QED) is 0.525. The van der Waals surface area contributed by atoms with E-state index >= 15 is 0 Å². The monoisotopic (exact) mass is 371 g/mol. The number of aromatic nitrogens is 2. The van der Waals surface area contributed by atoms with Gasteiger partial charge in [0.25, 0.3) is 0 Å². The largest absolute Gasteiger partial charge is 0.505 e. The number of fused-ring (bicyclic) bond motifs is 1. The molecule has 2 heterocycles. The zero-order valence-electron chi connectivity index (χ0n) is 15.8. The normalized spacial score (nSPS) is 11.9. The van der Waals surface area contributed by atoms with Crippen molar-refractivity contribution in [3.05, 3.63) is 89.7 Å². The van der Waals surface area contributed by atoms with Gasteiger partial charge in [0.05, 0.1) is 13.2 Å². The number of pyridine rings is 2. The van der Waals surface area contributed by atoms with Crippen LogP contribution in [-0.2, 0) is 0 Å². The number of hydrogen-bond donors (Lipinski definition) is 2. The molecule has 140 valence electrons. The molecule has 0 bridgehead atoms. The van der Waals surface area contributed by atoms with Gasteiger partial charge in [-0.05, 0) is 36.8 Å². The summed E-state index contributed by atoms with van der Waals surface area (Å²) in [6.07, 6.45) is 3.44. The molecule has 2 aromatic heterocycles. The van der Waals surface area contributed by atoms with E-state index in [1.807, 2.05) is 67.6 Å². The maximum atomic E-state index is 11.0. The van der Waals surface area contributed by atoms with Gasteiger partial charge in [0.15, 0.2) is 0 Å². The van der Waals surface area contributed by atoms with Crippen LogP contribution in [0.1, 0.15) is 22.7 Å². The molecule has 0 saturated carbocycles. The number of nitrogens with zero attached hydrogens (tertiary/aromatic N) is 2. The molecule has 1 unspecified atom stereocenters. The van der Waals surface area contributed by atoms with E-state index in [4.69, 9.17) is 4.74 Å². The molecule has 5 nitrogen and oxygen atoms in total. The Morgan fingerprint density at radius 1 is 0.929 bits per heavy atom. The number of methoxy groups -OCH3 is 1. The Bertz CT molecular complexity index is 1130. The molecule has 0 radical (unpaired) electrons. The Hall–Kier alpha value is -3.60. The number of ether oxygens (including phenoxy) is 1. The van der Waals surface area contributed by atoms with Crippen LogP contribution in [0.15, 0.2) is 73.1 Å². The lowest BCUT2D eigenvalue weighted by Gasteiger charge is -2.23. The maximum Gasteiger partial charge on any atom is 0.147 e. The molecule has 4 rings (SSSR count). The molecule has 4 aromatic rings. The molecule has 1 atom stereocenters. The predicted molar refractivity (Wildman–Crippen MR) is 111 cm³/mol. The average molecular weight is 371 g/mol. The number of phenolic OH excluding ortho intramolecular Hbond substituents is 1. The number of phenols is 1. The highest BCUT2D eigenvalue weighted by molar-refractivity contribution is 5.86. The zero-order chi connectivity index (χ0) is 19.5. The van der Waals surface area contributed by atoms with E-state index in [-0.39, 0.29) is 11.8 Å². The molecular formula is C23H21N3O2. The van der Waals surface area contributed by atoms with E-state index < -0.39 is 0 Å². The first-order valence-corrected chi connectivity index (χ1v) is 9.06. The molecule has 0 aliphatic rings. The fourth-order valence-electron chi connectivity index (χ4n) is 3.37. The fraction of sp³-hybridized carbons (Fsp3) is 0.130.